The molecule has 0 atom stereocenters. The zero-order valence-electron chi connectivity index (χ0n) is 9.39. The van der Waals surface area contributed by atoms with Crippen LogP contribution in [0.3, 0.4) is 0 Å². The van der Waals surface area contributed by atoms with Crippen LogP contribution < -0.4 is 0 Å². The smallest absolute Gasteiger partial charge is 0.335 e. The second-order valence-electron chi connectivity index (χ2n) is 4.35. The van der Waals surface area contributed by atoms with Crippen molar-refractivity contribution in [1.82, 2.24) is 4.90 Å². The summed E-state index contributed by atoms with van der Waals surface area (Å²) in [5.41, 5.74) is 3.92. The average molecular weight is 227 g/mol. The van der Waals surface area contributed by atoms with E-state index in [2.05, 4.69) is 17.0 Å². The maximum atomic E-state index is 11.0. The van der Waals surface area contributed by atoms with Gasteiger partial charge < -0.3 is 10.0 Å². The van der Waals surface area contributed by atoms with Crippen molar-refractivity contribution in [1.29, 1.82) is 0 Å². The van der Waals surface area contributed by atoms with Gasteiger partial charge in [-0.1, -0.05) is 30.3 Å². The summed E-state index contributed by atoms with van der Waals surface area (Å²) >= 11 is 0. The molecule has 2 heterocycles. The molecule has 3 nitrogen and oxygen atoms in total. The Hall–Kier alpha value is -2.03. The second-order valence-corrected chi connectivity index (χ2v) is 4.35. The van der Waals surface area contributed by atoms with Crippen LogP contribution >= 0.6 is 0 Å². The molecule has 0 unspecified atom stereocenters. The number of carboxylic acids is 1. The number of fused-ring (bicyclic) bond motifs is 3. The van der Waals surface area contributed by atoms with E-state index in [-0.39, 0.29) is 0 Å². The van der Waals surface area contributed by atoms with E-state index < -0.39 is 5.97 Å². The Bertz CT molecular complexity index is 543. The predicted octanol–water partition coefficient (Wildman–Crippen LogP) is 1.91. The molecule has 17 heavy (non-hydrogen) atoms. The van der Waals surface area contributed by atoms with Crippen molar-refractivity contribution in [3.63, 3.8) is 0 Å². The lowest BCUT2D eigenvalue weighted by molar-refractivity contribution is -0.132. The fraction of sp³-hybridized carbons (Fsp3) is 0.214. The molecule has 3 rings (SSSR count). The Kier molecular flexibility index (Phi) is 2.25. The first kappa shape index (κ1) is 10.1. The molecular weight excluding hydrogens is 214 g/mol. The van der Waals surface area contributed by atoms with E-state index in [1.807, 2.05) is 12.1 Å². The molecule has 0 amide bonds. The lowest BCUT2D eigenvalue weighted by Crippen LogP contribution is -2.32. The van der Waals surface area contributed by atoms with Crippen LogP contribution in [0, 0.1) is 0 Å². The average Bonchev–Trinajstić information content (AvgIpc) is 2.38. The number of benzene rings is 1. The number of carboxylic acid groups (broad SMARTS) is 1. The largest absolute Gasteiger partial charge is 0.478 e. The SMILES string of the molecule is O=C(O)C1=CCN2CCc3ccccc3C2=C1. The molecule has 0 spiro atoms. The van der Waals surface area contributed by atoms with Gasteiger partial charge in [-0.05, 0) is 18.1 Å². The zero-order valence-corrected chi connectivity index (χ0v) is 9.39. The molecule has 1 aromatic carbocycles. The summed E-state index contributed by atoms with van der Waals surface area (Å²) in [7, 11) is 0. The van der Waals surface area contributed by atoms with Crippen molar-refractivity contribution < 1.29 is 9.90 Å². The minimum absolute atomic E-state index is 0.396. The van der Waals surface area contributed by atoms with Gasteiger partial charge in [0.1, 0.15) is 0 Å². The van der Waals surface area contributed by atoms with Gasteiger partial charge in [0.2, 0.25) is 0 Å². The number of carbonyl (C=O) groups is 1. The van der Waals surface area contributed by atoms with E-state index >= 15 is 0 Å². The van der Waals surface area contributed by atoms with Gasteiger partial charge in [0.25, 0.3) is 0 Å². The van der Waals surface area contributed by atoms with E-state index in [0.29, 0.717) is 12.1 Å². The number of nitrogens with zero attached hydrogens (tertiary/aromatic N) is 1. The summed E-state index contributed by atoms with van der Waals surface area (Å²) in [4.78, 5) is 13.2. The first-order chi connectivity index (χ1) is 8.25. The minimum Gasteiger partial charge on any atom is -0.478 e. The highest BCUT2D eigenvalue weighted by atomic mass is 16.4. The minimum atomic E-state index is -0.847. The maximum absolute atomic E-state index is 11.0. The Balaban J connectivity index is 2.09. The normalized spacial score (nSPS) is 17.8. The maximum Gasteiger partial charge on any atom is 0.335 e. The van der Waals surface area contributed by atoms with Crippen LogP contribution in [-0.2, 0) is 11.2 Å². The molecule has 0 aromatic heterocycles. The summed E-state index contributed by atoms with van der Waals surface area (Å²) in [6.07, 6.45) is 4.59. The van der Waals surface area contributed by atoms with Gasteiger partial charge in [0, 0.05) is 24.4 Å². The molecule has 0 saturated heterocycles. The van der Waals surface area contributed by atoms with Crippen LogP contribution in [-0.4, -0.2) is 29.1 Å². The van der Waals surface area contributed by atoms with Gasteiger partial charge >= 0.3 is 5.97 Å². The van der Waals surface area contributed by atoms with Gasteiger partial charge in [0.15, 0.2) is 0 Å². The van der Waals surface area contributed by atoms with Crippen molar-refractivity contribution in [3.05, 3.63) is 53.1 Å². The molecule has 0 saturated carbocycles. The Morgan fingerprint density at radius 2 is 2.12 bits per heavy atom. The number of rotatable bonds is 1. The Morgan fingerprint density at radius 3 is 2.94 bits per heavy atom. The highest BCUT2D eigenvalue weighted by molar-refractivity contribution is 5.93. The van der Waals surface area contributed by atoms with Crippen LogP contribution in [0.1, 0.15) is 11.1 Å². The van der Waals surface area contributed by atoms with Crippen LogP contribution in [0.4, 0.5) is 0 Å². The van der Waals surface area contributed by atoms with Gasteiger partial charge in [-0.25, -0.2) is 4.79 Å². The first-order valence-corrected chi connectivity index (χ1v) is 5.74. The monoisotopic (exact) mass is 227 g/mol. The third-order valence-electron chi connectivity index (χ3n) is 3.36. The zero-order chi connectivity index (χ0) is 11.8. The summed E-state index contributed by atoms with van der Waals surface area (Å²) in [6, 6.07) is 8.22. The molecule has 2 aliphatic heterocycles. The molecule has 0 fully saturated rings. The van der Waals surface area contributed by atoms with Gasteiger partial charge in [-0.15, -0.1) is 0 Å². The van der Waals surface area contributed by atoms with Crippen molar-refractivity contribution >= 4 is 11.7 Å². The summed E-state index contributed by atoms with van der Waals surface area (Å²) in [6.45, 7) is 1.66. The first-order valence-electron chi connectivity index (χ1n) is 5.74. The molecule has 1 aromatic rings. The molecule has 0 aliphatic carbocycles. The third kappa shape index (κ3) is 1.64. The number of hydrogen-bond acceptors (Lipinski definition) is 2. The summed E-state index contributed by atoms with van der Waals surface area (Å²) in [5.74, 6) is -0.847. The Morgan fingerprint density at radius 1 is 1.29 bits per heavy atom. The van der Waals surface area contributed by atoms with Crippen molar-refractivity contribution in [2.45, 2.75) is 6.42 Å². The fourth-order valence-electron chi connectivity index (χ4n) is 2.46. The van der Waals surface area contributed by atoms with Crippen LogP contribution in [0.5, 0.6) is 0 Å². The number of aliphatic carboxylic acids is 1. The van der Waals surface area contributed by atoms with Crippen molar-refractivity contribution in [3.8, 4) is 0 Å². The van der Waals surface area contributed by atoms with Gasteiger partial charge in [-0.2, -0.15) is 0 Å². The lowest BCUT2D eigenvalue weighted by Gasteiger charge is -2.34. The van der Waals surface area contributed by atoms with Gasteiger partial charge in [-0.3, -0.25) is 0 Å². The van der Waals surface area contributed by atoms with Crippen LogP contribution in [0.15, 0.2) is 42.0 Å². The van der Waals surface area contributed by atoms with Gasteiger partial charge in [0.05, 0.1) is 5.57 Å². The van der Waals surface area contributed by atoms with Crippen LogP contribution in [0.2, 0.25) is 0 Å². The molecule has 1 N–H and O–H groups in total. The fourth-order valence-corrected chi connectivity index (χ4v) is 2.46. The van der Waals surface area contributed by atoms with Crippen molar-refractivity contribution in [2.75, 3.05) is 13.1 Å². The van der Waals surface area contributed by atoms with E-state index in [1.165, 1.54) is 11.1 Å². The molecule has 0 radical (unpaired) electrons. The van der Waals surface area contributed by atoms with E-state index in [0.717, 1.165) is 18.7 Å². The molecular formula is C14H13NO2. The molecule has 0 bridgehead atoms. The number of hydrogen-bond donors (Lipinski definition) is 1. The molecule has 86 valence electrons. The highest BCUT2D eigenvalue weighted by Crippen LogP contribution is 2.31. The van der Waals surface area contributed by atoms with E-state index in [1.54, 1.807) is 12.2 Å². The van der Waals surface area contributed by atoms with Crippen LogP contribution in [0.25, 0.3) is 5.70 Å². The second kappa shape index (κ2) is 3.77. The quantitative estimate of drug-likeness (QED) is 0.796. The summed E-state index contributed by atoms with van der Waals surface area (Å²) < 4.78 is 0. The third-order valence-corrected chi connectivity index (χ3v) is 3.36. The molecule has 2 aliphatic rings. The standard InChI is InChI=1S/C14H13NO2/c16-14(17)11-6-8-15-7-5-10-3-1-2-4-12(10)13(15)9-11/h1-4,6,9H,5,7-8H2,(H,16,17). The highest BCUT2D eigenvalue weighted by Gasteiger charge is 2.23. The Labute approximate surface area is 99.7 Å². The topological polar surface area (TPSA) is 40.5 Å². The lowest BCUT2D eigenvalue weighted by atomic mass is 9.93. The van der Waals surface area contributed by atoms with Crippen molar-refractivity contribution in [2.24, 2.45) is 0 Å². The molecule has 3 heteroatoms. The predicted molar refractivity (Wildman–Crippen MR) is 65.4 cm³/mol. The van der Waals surface area contributed by atoms with E-state index in [9.17, 15) is 4.79 Å². The summed E-state index contributed by atoms with van der Waals surface area (Å²) in [5, 5.41) is 9.05. The van der Waals surface area contributed by atoms with E-state index in [4.69, 9.17) is 5.11 Å².